The predicted octanol–water partition coefficient (Wildman–Crippen LogP) is -0.461. The Bertz CT molecular complexity index is 213. The molecule has 0 atom stereocenters. The molecule has 0 spiro atoms. The molecule has 0 aromatic rings. The summed E-state index contributed by atoms with van der Waals surface area (Å²) in [4.78, 5) is 10.5. The fourth-order valence-electron chi connectivity index (χ4n) is 3.20. The highest BCUT2D eigenvalue weighted by Crippen LogP contribution is 2.24. The van der Waals surface area contributed by atoms with Crippen LogP contribution in [0.15, 0.2) is 0 Å². The highest BCUT2D eigenvalue weighted by atomic mass is 15.6. The summed E-state index contributed by atoms with van der Waals surface area (Å²) in [6, 6.07) is 0. The second-order valence-corrected chi connectivity index (χ2v) is 4.89. The van der Waals surface area contributed by atoms with Crippen molar-refractivity contribution in [3.05, 3.63) is 0 Å². The lowest BCUT2D eigenvalue weighted by molar-refractivity contribution is 0.0200. The van der Waals surface area contributed by atoms with Crippen molar-refractivity contribution in [1.82, 2.24) is 19.6 Å². The van der Waals surface area contributed by atoms with Crippen molar-refractivity contribution in [3.63, 3.8) is 0 Å². The van der Waals surface area contributed by atoms with E-state index in [4.69, 9.17) is 0 Å². The molecule has 0 unspecified atom stereocenters. The van der Waals surface area contributed by atoms with Crippen molar-refractivity contribution < 1.29 is 0 Å². The van der Waals surface area contributed by atoms with Crippen LogP contribution in [0.1, 0.15) is 6.92 Å². The molecule has 4 nitrogen and oxygen atoms in total. The zero-order valence-corrected chi connectivity index (χ0v) is 9.73. The zero-order valence-electron chi connectivity index (χ0n) is 9.73. The van der Waals surface area contributed by atoms with E-state index < -0.39 is 0 Å². The van der Waals surface area contributed by atoms with Gasteiger partial charge in [-0.3, -0.25) is 14.7 Å². The van der Waals surface area contributed by atoms with Gasteiger partial charge in [-0.05, 0) is 6.54 Å². The van der Waals surface area contributed by atoms with Gasteiger partial charge in [0.25, 0.3) is 0 Å². The zero-order chi connectivity index (χ0) is 10.3. The minimum absolute atomic E-state index is 0.656. The van der Waals surface area contributed by atoms with Crippen molar-refractivity contribution in [2.45, 2.75) is 13.2 Å². The van der Waals surface area contributed by atoms with Gasteiger partial charge in [0.05, 0.1) is 0 Å². The van der Waals surface area contributed by atoms with Gasteiger partial charge in [0.15, 0.2) is 0 Å². The molecule has 15 heavy (non-hydrogen) atoms. The van der Waals surface area contributed by atoms with Gasteiger partial charge in [-0.1, -0.05) is 6.92 Å². The second kappa shape index (κ2) is 4.01. The highest BCUT2D eigenvalue weighted by molar-refractivity contribution is 4.90. The van der Waals surface area contributed by atoms with E-state index in [0.717, 1.165) is 0 Å². The van der Waals surface area contributed by atoms with E-state index in [2.05, 4.69) is 26.5 Å². The molecule has 3 aliphatic heterocycles. The molecule has 0 bridgehead atoms. The fourth-order valence-corrected chi connectivity index (χ4v) is 3.20. The van der Waals surface area contributed by atoms with Gasteiger partial charge in [0, 0.05) is 52.4 Å². The van der Waals surface area contributed by atoms with Gasteiger partial charge in [0.1, 0.15) is 6.29 Å². The maximum absolute atomic E-state index is 2.66. The van der Waals surface area contributed by atoms with Crippen LogP contribution in [0.4, 0.5) is 0 Å². The second-order valence-electron chi connectivity index (χ2n) is 4.89. The highest BCUT2D eigenvalue weighted by Gasteiger charge is 2.41. The molecule has 0 saturated carbocycles. The summed E-state index contributed by atoms with van der Waals surface area (Å²) in [5, 5.41) is 0. The van der Waals surface area contributed by atoms with Crippen LogP contribution in [-0.2, 0) is 0 Å². The molecule has 0 aliphatic carbocycles. The van der Waals surface area contributed by atoms with Crippen LogP contribution in [0.2, 0.25) is 0 Å². The summed E-state index contributed by atoms with van der Waals surface area (Å²) in [7, 11) is 0. The minimum Gasteiger partial charge on any atom is -0.301 e. The van der Waals surface area contributed by atoms with E-state index in [1.807, 2.05) is 0 Å². The summed E-state index contributed by atoms with van der Waals surface area (Å²) >= 11 is 0. The molecule has 0 aromatic carbocycles. The summed E-state index contributed by atoms with van der Waals surface area (Å²) in [6.45, 7) is 13.6. The molecule has 3 aliphatic rings. The van der Waals surface area contributed by atoms with E-state index in [-0.39, 0.29) is 0 Å². The first-order chi connectivity index (χ1) is 7.38. The summed E-state index contributed by atoms with van der Waals surface area (Å²) in [5.41, 5.74) is 0. The average Bonchev–Trinajstić information content (AvgIpc) is 2.75. The molecular weight excluding hydrogens is 188 g/mol. The number of nitrogens with zero attached hydrogens (tertiary/aromatic N) is 4. The number of hydrogen-bond donors (Lipinski definition) is 0. The third-order valence-corrected chi connectivity index (χ3v) is 4.18. The Kier molecular flexibility index (Phi) is 2.68. The van der Waals surface area contributed by atoms with Crippen LogP contribution in [0.5, 0.6) is 0 Å². The molecule has 86 valence electrons. The third-order valence-electron chi connectivity index (χ3n) is 4.18. The Balaban J connectivity index is 1.73. The molecule has 3 heterocycles. The van der Waals surface area contributed by atoms with Gasteiger partial charge < -0.3 is 4.90 Å². The number of rotatable bonds is 1. The molecule has 4 heteroatoms. The van der Waals surface area contributed by atoms with Crippen molar-refractivity contribution in [1.29, 1.82) is 0 Å². The molecule has 3 saturated heterocycles. The van der Waals surface area contributed by atoms with Gasteiger partial charge in [-0.15, -0.1) is 0 Å². The molecule has 3 fully saturated rings. The van der Waals surface area contributed by atoms with Crippen molar-refractivity contribution in [2.24, 2.45) is 0 Å². The third kappa shape index (κ3) is 1.69. The van der Waals surface area contributed by atoms with E-state index in [1.165, 1.54) is 58.9 Å². The molecule has 0 aromatic heterocycles. The summed E-state index contributed by atoms with van der Waals surface area (Å²) in [6.07, 6.45) is 0.656. The van der Waals surface area contributed by atoms with Crippen LogP contribution >= 0.6 is 0 Å². The first-order valence-electron chi connectivity index (χ1n) is 6.33. The van der Waals surface area contributed by atoms with Crippen molar-refractivity contribution in [3.8, 4) is 0 Å². The first kappa shape index (κ1) is 10.0. The quantitative estimate of drug-likeness (QED) is 0.580. The van der Waals surface area contributed by atoms with Crippen LogP contribution in [0.3, 0.4) is 0 Å². The Morgan fingerprint density at radius 3 is 1.53 bits per heavy atom. The first-order valence-corrected chi connectivity index (χ1v) is 6.33. The van der Waals surface area contributed by atoms with Gasteiger partial charge in [-0.2, -0.15) is 0 Å². The van der Waals surface area contributed by atoms with Crippen LogP contribution in [-0.4, -0.2) is 84.8 Å². The van der Waals surface area contributed by atoms with Gasteiger partial charge in [0.2, 0.25) is 0 Å². The number of hydrogen-bond acceptors (Lipinski definition) is 4. The van der Waals surface area contributed by atoms with E-state index in [0.29, 0.717) is 6.29 Å². The summed E-state index contributed by atoms with van der Waals surface area (Å²) in [5.74, 6) is 0. The van der Waals surface area contributed by atoms with Crippen molar-refractivity contribution >= 4 is 0 Å². The molecule has 0 N–H and O–H groups in total. The summed E-state index contributed by atoms with van der Waals surface area (Å²) < 4.78 is 0. The van der Waals surface area contributed by atoms with Crippen molar-refractivity contribution in [2.75, 3.05) is 58.9 Å². The van der Waals surface area contributed by atoms with Crippen LogP contribution in [0, 0.1) is 0 Å². The smallest absolute Gasteiger partial charge is 0.119 e. The topological polar surface area (TPSA) is 13.0 Å². The average molecular weight is 210 g/mol. The molecular formula is C11H22N4. The Hall–Kier alpha value is -0.160. The van der Waals surface area contributed by atoms with E-state index >= 15 is 0 Å². The maximum Gasteiger partial charge on any atom is 0.119 e. The number of likely N-dealkylation sites (N-methyl/N-ethyl adjacent to an activating group) is 1. The minimum atomic E-state index is 0.656. The standard InChI is InChI=1S/C11H22N4/c1-2-12-3-5-13-7-9-15-10-8-14(6-4-12)11(13)15/h11H,2-10H2,1H3. The monoisotopic (exact) mass is 210 g/mol. The Labute approximate surface area is 92.4 Å². The predicted molar refractivity (Wildman–Crippen MR) is 60.6 cm³/mol. The normalized spacial score (nSPS) is 31.8. The fraction of sp³-hybridized carbons (Fsp3) is 1.00. The van der Waals surface area contributed by atoms with Gasteiger partial charge >= 0.3 is 0 Å². The van der Waals surface area contributed by atoms with Crippen LogP contribution in [0.25, 0.3) is 0 Å². The largest absolute Gasteiger partial charge is 0.301 e. The SMILES string of the molecule is CCN1CCN2CCN3CCN(CC1)C23. The lowest BCUT2D eigenvalue weighted by Crippen LogP contribution is -2.52. The van der Waals surface area contributed by atoms with Crippen LogP contribution < -0.4 is 0 Å². The lowest BCUT2D eigenvalue weighted by atomic mass is 10.3. The molecule has 3 rings (SSSR count). The van der Waals surface area contributed by atoms with E-state index in [1.54, 1.807) is 0 Å². The van der Waals surface area contributed by atoms with E-state index in [9.17, 15) is 0 Å². The Morgan fingerprint density at radius 2 is 1.13 bits per heavy atom. The molecule has 0 amide bonds. The lowest BCUT2D eigenvalue weighted by Gasteiger charge is -2.37. The van der Waals surface area contributed by atoms with Gasteiger partial charge in [-0.25, -0.2) is 0 Å². The maximum atomic E-state index is 2.66. The molecule has 0 radical (unpaired) electrons. The Morgan fingerprint density at radius 1 is 0.733 bits per heavy atom.